The van der Waals surface area contributed by atoms with Gasteiger partial charge in [-0.15, -0.1) is 5.10 Å². The van der Waals surface area contributed by atoms with E-state index in [2.05, 4.69) is 88.6 Å². The second-order valence-electron chi connectivity index (χ2n) is 9.05. The third-order valence-corrected chi connectivity index (χ3v) is 6.65. The van der Waals surface area contributed by atoms with Crippen molar-refractivity contribution in [2.75, 3.05) is 33.3 Å². The minimum atomic E-state index is -0.141. The van der Waals surface area contributed by atoms with E-state index in [1.807, 2.05) is 16.8 Å². The van der Waals surface area contributed by atoms with Gasteiger partial charge in [0.1, 0.15) is 5.75 Å². The molecule has 7 heteroatoms. The molecule has 0 saturated carbocycles. The van der Waals surface area contributed by atoms with Crippen LogP contribution >= 0.6 is 0 Å². The van der Waals surface area contributed by atoms with Gasteiger partial charge in [0.2, 0.25) is 0 Å². The minimum absolute atomic E-state index is 0.0328. The quantitative estimate of drug-likeness (QED) is 0.538. The van der Waals surface area contributed by atoms with Crippen molar-refractivity contribution in [3.05, 3.63) is 71.5 Å². The van der Waals surface area contributed by atoms with E-state index in [1.54, 1.807) is 7.11 Å². The Morgan fingerprint density at radius 1 is 0.969 bits per heavy atom. The summed E-state index contributed by atoms with van der Waals surface area (Å²) in [4.78, 5) is 5.01. The van der Waals surface area contributed by atoms with Crippen LogP contribution in [0.3, 0.4) is 0 Å². The van der Waals surface area contributed by atoms with Crippen molar-refractivity contribution < 1.29 is 4.74 Å². The zero-order valence-electron chi connectivity index (χ0n) is 19.6. The average Bonchev–Trinajstić information content (AvgIpc) is 3.32. The van der Waals surface area contributed by atoms with E-state index in [-0.39, 0.29) is 11.6 Å². The van der Waals surface area contributed by atoms with Crippen molar-refractivity contribution in [3.63, 3.8) is 0 Å². The van der Waals surface area contributed by atoms with Crippen LogP contribution in [-0.2, 0) is 12.1 Å². The topological polar surface area (TPSA) is 59.3 Å². The van der Waals surface area contributed by atoms with Crippen LogP contribution in [0.5, 0.6) is 5.75 Å². The molecule has 1 saturated heterocycles. The highest BCUT2D eigenvalue weighted by Crippen LogP contribution is 2.31. The molecule has 7 nitrogen and oxygen atoms in total. The van der Waals surface area contributed by atoms with Gasteiger partial charge in [-0.25, -0.2) is 4.68 Å². The molecule has 1 aliphatic heterocycles. The number of benzene rings is 2. The zero-order valence-corrected chi connectivity index (χ0v) is 19.6. The number of piperazine rings is 1. The lowest BCUT2D eigenvalue weighted by atomic mass is 9.99. The molecular formula is C25H34N6O. The lowest BCUT2D eigenvalue weighted by Crippen LogP contribution is -2.48. The zero-order chi connectivity index (χ0) is 22.6. The van der Waals surface area contributed by atoms with Gasteiger partial charge >= 0.3 is 0 Å². The van der Waals surface area contributed by atoms with Crippen LogP contribution in [0.4, 0.5) is 0 Å². The van der Waals surface area contributed by atoms with Crippen molar-refractivity contribution in [3.8, 4) is 5.75 Å². The SMILES string of the molecule is CCC(C)(C)n1nnnc1[C@H](c1ccccc1)N1CCN(Cc2ccccc2OC)CC1. The molecule has 0 amide bonds. The molecule has 1 aromatic heterocycles. The lowest BCUT2D eigenvalue weighted by Gasteiger charge is -2.39. The number of nitrogens with zero attached hydrogens (tertiary/aromatic N) is 6. The average molecular weight is 435 g/mol. The van der Waals surface area contributed by atoms with Crippen LogP contribution in [0, 0.1) is 0 Å². The Hall–Kier alpha value is -2.77. The first-order chi connectivity index (χ1) is 15.5. The molecule has 170 valence electrons. The van der Waals surface area contributed by atoms with Gasteiger partial charge in [-0.3, -0.25) is 9.80 Å². The predicted molar refractivity (Wildman–Crippen MR) is 126 cm³/mol. The van der Waals surface area contributed by atoms with Crippen LogP contribution < -0.4 is 4.74 Å². The molecule has 0 spiro atoms. The van der Waals surface area contributed by atoms with E-state index in [0.29, 0.717) is 0 Å². The molecule has 2 heterocycles. The fraction of sp³-hybridized carbons (Fsp3) is 0.480. The number of hydrogen-bond donors (Lipinski definition) is 0. The summed E-state index contributed by atoms with van der Waals surface area (Å²) in [6.07, 6.45) is 0.958. The van der Waals surface area contributed by atoms with E-state index in [1.165, 1.54) is 11.1 Å². The fourth-order valence-electron chi connectivity index (χ4n) is 4.36. The van der Waals surface area contributed by atoms with Gasteiger partial charge in [-0.2, -0.15) is 0 Å². The Kier molecular flexibility index (Phi) is 6.86. The van der Waals surface area contributed by atoms with Crippen LogP contribution in [0.1, 0.15) is 50.2 Å². The summed E-state index contributed by atoms with van der Waals surface area (Å²) in [5, 5.41) is 13.0. The minimum Gasteiger partial charge on any atom is -0.496 e. The molecule has 0 aliphatic carbocycles. The van der Waals surface area contributed by atoms with Crippen molar-refractivity contribution in [1.29, 1.82) is 0 Å². The normalized spacial score (nSPS) is 16.8. The molecule has 2 aromatic carbocycles. The molecule has 0 N–H and O–H groups in total. The number of methoxy groups -OCH3 is 1. The third-order valence-electron chi connectivity index (χ3n) is 6.65. The molecule has 3 aromatic rings. The largest absolute Gasteiger partial charge is 0.496 e. The molecule has 0 radical (unpaired) electrons. The molecular weight excluding hydrogens is 400 g/mol. The standard InChI is InChI=1S/C25H34N6O/c1-5-25(2,3)31-24(26-27-28-31)23(20-11-7-6-8-12-20)30-17-15-29(16-18-30)19-21-13-9-10-14-22(21)32-4/h6-14,23H,5,15-19H2,1-4H3/t23-/m0/s1. The van der Waals surface area contributed by atoms with Crippen LogP contribution in [-0.4, -0.2) is 63.3 Å². The van der Waals surface area contributed by atoms with Crippen LogP contribution in [0.15, 0.2) is 54.6 Å². The predicted octanol–water partition coefficient (Wildman–Crippen LogP) is 3.73. The van der Waals surface area contributed by atoms with Gasteiger partial charge < -0.3 is 4.74 Å². The maximum absolute atomic E-state index is 5.55. The van der Waals surface area contributed by atoms with Gasteiger partial charge in [-0.1, -0.05) is 55.5 Å². The highest BCUT2D eigenvalue weighted by atomic mass is 16.5. The van der Waals surface area contributed by atoms with Gasteiger partial charge in [0, 0.05) is 38.3 Å². The summed E-state index contributed by atoms with van der Waals surface area (Å²) in [7, 11) is 1.74. The lowest BCUT2D eigenvalue weighted by molar-refractivity contribution is 0.0967. The Morgan fingerprint density at radius 3 is 2.34 bits per heavy atom. The highest BCUT2D eigenvalue weighted by molar-refractivity contribution is 5.33. The Balaban J connectivity index is 1.55. The van der Waals surface area contributed by atoms with Gasteiger partial charge in [0.15, 0.2) is 5.82 Å². The highest BCUT2D eigenvalue weighted by Gasteiger charge is 2.34. The van der Waals surface area contributed by atoms with E-state index in [9.17, 15) is 0 Å². The van der Waals surface area contributed by atoms with Gasteiger partial charge in [0.05, 0.1) is 18.7 Å². The Bertz CT molecular complexity index is 994. The molecule has 32 heavy (non-hydrogen) atoms. The molecule has 1 aliphatic rings. The first-order valence-corrected chi connectivity index (χ1v) is 11.5. The summed E-state index contributed by atoms with van der Waals surface area (Å²) in [5.41, 5.74) is 2.32. The maximum atomic E-state index is 5.55. The molecule has 1 fully saturated rings. The summed E-state index contributed by atoms with van der Waals surface area (Å²) in [6, 6.07) is 18.9. The fourth-order valence-corrected chi connectivity index (χ4v) is 4.36. The van der Waals surface area contributed by atoms with Crippen molar-refractivity contribution >= 4 is 0 Å². The van der Waals surface area contributed by atoms with Gasteiger partial charge in [-0.05, 0) is 42.3 Å². The summed E-state index contributed by atoms with van der Waals surface area (Å²) in [5.74, 6) is 1.87. The van der Waals surface area contributed by atoms with E-state index >= 15 is 0 Å². The maximum Gasteiger partial charge on any atom is 0.173 e. The second-order valence-corrected chi connectivity index (χ2v) is 9.05. The summed E-state index contributed by atoms with van der Waals surface area (Å²) < 4.78 is 7.57. The number of rotatable bonds is 8. The molecule has 0 bridgehead atoms. The number of para-hydroxylation sites is 1. The number of aromatic nitrogens is 4. The Morgan fingerprint density at radius 2 is 1.66 bits per heavy atom. The number of ether oxygens (including phenoxy) is 1. The molecule has 1 atom stereocenters. The van der Waals surface area contributed by atoms with E-state index in [0.717, 1.165) is 50.7 Å². The number of tetrazole rings is 1. The first kappa shape index (κ1) is 22.4. The van der Waals surface area contributed by atoms with Crippen molar-refractivity contribution in [1.82, 2.24) is 30.0 Å². The second kappa shape index (κ2) is 9.79. The summed E-state index contributed by atoms with van der Waals surface area (Å²) in [6.45, 7) is 11.3. The third kappa shape index (κ3) is 4.69. The first-order valence-electron chi connectivity index (χ1n) is 11.5. The molecule has 0 unspecified atom stereocenters. The molecule has 4 rings (SSSR count). The Labute approximate surface area is 191 Å². The van der Waals surface area contributed by atoms with Crippen LogP contribution in [0.25, 0.3) is 0 Å². The van der Waals surface area contributed by atoms with Crippen molar-refractivity contribution in [2.45, 2.75) is 45.3 Å². The monoisotopic (exact) mass is 434 g/mol. The number of hydrogen-bond acceptors (Lipinski definition) is 6. The van der Waals surface area contributed by atoms with Crippen molar-refractivity contribution in [2.24, 2.45) is 0 Å². The van der Waals surface area contributed by atoms with E-state index in [4.69, 9.17) is 4.74 Å². The summed E-state index contributed by atoms with van der Waals surface area (Å²) >= 11 is 0. The smallest absolute Gasteiger partial charge is 0.173 e. The van der Waals surface area contributed by atoms with E-state index < -0.39 is 0 Å². The van der Waals surface area contributed by atoms with Gasteiger partial charge in [0.25, 0.3) is 0 Å². The van der Waals surface area contributed by atoms with Crippen LogP contribution in [0.2, 0.25) is 0 Å².